The molecule has 4 heteroatoms. The van der Waals surface area contributed by atoms with Crippen molar-refractivity contribution >= 4 is 28.1 Å². The molecule has 0 atom stereocenters. The highest BCUT2D eigenvalue weighted by Crippen LogP contribution is 2.39. The largest absolute Gasteiger partial charge is 0.491 e. The van der Waals surface area contributed by atoms with Gasteiger partial charge in [0.15, 0.2) is 0 Å². The van der Waals surface area contributed by atoms with Gasteiger partial charge in [-0.2, -0.15) is 5.26 Å². The Balaban J connectivity index is 1.87. The van der Waals surface area contributed by atoms with Crippen LogP contribution >= 0.6 is 11.8 Å². The Morgan fingerprint density at radius 1 is 0.931 bits per heavy atom. The molecule has 2 aromatic carbocycles. The second-order valence-corrected chi connectivity index (χ2v) is 8.39. The van der Waals surface area contributed by atoms with Crippen LogP contribution < -0.4 is 4.90 Å². The molecule has 1 aliphatic heterocycles. The average Bonchev–Trinajstić information content (AvgIpc) is 2.79. The summed E-state index contributed by atoms with van der Waals surface area (Å²) in [6.07, 6.45) is 4.89. The average molecular weight is 407 g/mol. The van der Waals surface area contributed by atoms with E-state index in [1.54, 1.807) is 0 Å². The quantitative estimate of drug-likeness (QED) is 0.473. The summed E-state index contributed by atoms with van der Waals surface area (Å²) in [5.74, 6) is 1.88. The summed E-state index contributed by atoms with van der Waals surface area (Å²) < 4.78 is 6.05. The number of nitriles is 1. The van der Waals surface area contributed by atoms with Crippen LogP contribution in [-0.2, 0) is 4.74 Å². The third-order valence-corrected chi connectivity index (χ3v) is 6.20. The fraction of sp³-hybridized carbons (Fsp3) is 0.400. The standard InChI is InChI=1S/C25H30N2OS/c1-3-5-15-27(16-6-4-2)23-13-11-22(12-14-23)25-24(28-17-18-29-25)21-9-7-20(19-26)8-10-21/h7-14H,3-6,15-18H2,1-2H3. The van der Waals surface area contributed by atoms with E-state index in [0.29, 0.717) is 12.2 Å². The van der Waals surface area contributed by atoms with Crippen molar-refractivity contribution in [1.82, 2.24) is 0 Å². The van der Waals surface area contributed by atoms with Crippen LogP contribution in [0.5, 0.6) is 0 Å². The van der Waals surface area contributed by atoms with Crippen molar-refractivity contribution in [1.29, 1.82) is 5.26 Å². The maximum absolute atomic E-state index is 9.05. The van der Waals surface area contributed by atoms with Crippen LogP contribution in [0.25, 0.3) is 10.7 Å². The minimum absolute atomic E-state index is 0.669. The Kier molecular flexibility index (Phi) is 8.07. The number of hydrogen-bond donors (Lipinski definition) is 0. The van der Waals surface area contributed by atoms with Gasteiger partial charge >= 0.3 is 0 Å². The summed E-state index contributed by atoms with van der Waals surface area (Å²) >= 11 is 1.85. The van der Waals surface area contributed by atoms with Crippen molar-refractivity contribution in [2.75, 3.05) is 30.3 Å². The van der Waals surface area contributed by atoms with E-state index < -0.39 is 0 Å². The smallest absolute Gasteiger partial charge is 0.140 e. The molecular formula is C25H30N2OS. The lowest BCUT2D eigenvalue weighted by Crippen LogP contribution is -2.25. The molecule has 29 heavy (non-hydrogen) atoms. The molecule has 3 nitrogen and oxygen atoms in total. The Morgan fingerprint density at radius 2 is 1.55 bits per heavy atom. The SMILES string of the molecule is CCCCN(CCCC)c1ccc(C2=C(c3ccc(C#N)cc3)OCCS2)cc1. The maximum atomic E-state index is 9.05. The molecule has 0 spiro atoms. The molecule has 2 aromatic rings. The molecule has 0 bridgehead atoms. The number of hydrogen-bond acceptors (Lipinski definition) is 4. The molecule has 0 fully saturated rings. The predicted molar refractivity (Wildman–Crippen MR) is 125 cm³/mol. The highest BCUT2D eigenvalue weighted by molar-refractivity contribution is 8.08. The Morgan fingerprint density at radius 3 is 2.14 bits per heavy atom. The Hall–Kier alpha value is -2.38. The van der Waals surface area contributed by atoms with E-state index in [9.17, 15) is 0 Å². The molecule has 0 saturated carbocycles. The zero-order valence-electron chi connectivity index (χ0n) is 17.5. The van der Waals surface area contributed by atoms with Crippen molar-refractivity contribution in [2.24, 2.45) is 0 Å². The van der Waals surface area contributed by atoms with Gasteiger partial charge in [0.1, 0.15) is 5.76 Å². The number of nitrogens with zero attached hydrogens (tertiary/aromatic N) is 2. The van der Waals surface area contributed by atoms with Crippen LogP contribution in [0.4, 0.5) is 5.69 Å². The zero-order valence-corrected chi connectivity index (χ0v) is 18.3. The van der Waals surface area contributed by atoms with Crippen LogP contribution in [0.1, 0.15) is 56.2 Å². The second-order valence-electron chi connectivity index (χ2n) is 7.29. The molecule has 1 aliphatic rings. The van der Waals surface area contributed by atoms with Gasteiger partial charge in [0.25, 0.3) is 0 Å². The molecule has 0 radical (unpaired) electrons. The van der Waals surface area contributed by atoms with Crippen molar-refractivity contribution in [3.05, 3.63) is 65.2 Å². The van der Waals surface area contributed by atoms with Gasteiger partial charge in [0.2, 0.25) is 0 Å². The number of rotatable bonds is 9. The summed E-state index contributed by atoms with van der Waals surface area (Å²) in [4.78, 5) is 3.69. The topological polar surface area (TPSA) is 36.3 Å². The third-order valence-electron chi connectivity index (χ3n) is 5.12. The van der Waals surface area contributed by atoms with Gasteiger partial charge in [-0.3, -0.25) is 0 Å². The molecule has 0 unspecified atom stereocenters. The molecule has 1 heterocycles. The van der Waals surface area contributed by atoms with Crippen molar-refractivity contribution < 1.29 is 4.74 Å². The summed E-state index contributed by atoms with van der Waals surface area (Å²) in [6, 6.07) is 18.8. The second kappa shape index (κ2) is 11.0. The van der Waals surface area contributed by atoms with Crippen LogP contribution in [0, 0.1) is 11.3 Å². The Bertz CT molecular complexity index is 842. The van der Waals surface area contributed by atoms with E-state index in [1.165, 1.54) is 41.8 Å². The van der Waals surface area contributed by atoms with E-state index >= 15 is 0 Å². The number of thioether (sulfide) groups is 1. The maximum Gasteiger partial charge on any atom is 0.140 e. The number of anilines is 1. The minimum Gasteiger partial charge on any atom is -0.491 e. The van der Waals surface area contributed by atoms with Gasteiger partial charge in [0.05, 0.1) is 23.1 Å². The third kappa shape index (κ3) is 5.58. The fourth-order valence-electron chi connectivity index (χ4n) is 3.44. The molecule has 0 amide bonds. The first-order valence-electron chi connectivity index (χ1n) is 10.6. The van der Waals surface area contributed by atoms with Crippen molar-refractivity contribution in [2.45, 2.75) is 39.5 Å². The lowest BCUT2D eigenvalue weighted by Gasteiger charge is -2.26. The first-order valence-corrected chi connectivity index (χ1v) is 11.6. The van der Waals surface area contributed by atoms with E-state index in [2.05, 4.69) is 49.1 Å². The first-order chi connectivity index (χ1) is 14.3. The normalized spacial score (nSPS) is 13.7. The van der Waals surface area contributed by atoms with Crippen LogP contribution in [0.15, 0.2) is 48.5 Å². The highest BCUT2D eigenvalue weighted by atomic mass is 32.2. The van der Waals surface area contributed by atoms with Gasteiger partial charge in [-0.1, -0.05) is 38.8 Å². The Labute approximate surface area is 179 Å². The predicted octanol–water partition coefficient (Wildman–Crippen LogP) is 6.55. The van der Waals surface area contributed by atoms with Crippen molar-refractivity contribution in [3.8, 4) is 6.07 Å². The first kappa shape index (κ1) is 21.3. The lowest BCUT2D eigenvalue weighted by molar-refractivity contribution is 0.301. The summed E-state index contributed by atoms with van der Waals surface area (Å²) in [7, 11) is 0. The monoisotopic (exact) mass is 406 g/mol. The summed E-state index contributed by atoms with van der Waals surface area (Å²) in [6.45, 7) is 7.44. The van der Waals surface area contributed by atoms with Crippen LogP contribution in [0.3, 0.4) is 0 Å². The van der Waals surface area contributed by atoms with E-state index in [0.717, 1.165) is 30.2 Å². The molecule has 152 valence electrons. The van der Waals surface area contributed by atoms with Crippen molar-refractivity contribution in [3.63, 3.8) is 0 Å². The lowest BCUT2D eigenvalue weighted by atomic mass is 10.1. The summed E-state index contributed by atoms with van der Waals surface area (Å²) in [5, 5.41) is 9.05. The molecule has 3 rings (SSSR count). The highest BCUT2D eigenvalue weighted by Gasteiger charge is 2.19. The number of ether oxygens (including phenoxy) is 1. The van der Waals surface area contributed by atoms with Gasteiger partial charge in [0, 0.05) is 30.1 Å². The van der Waals surface area contributed by atoms with Gasteiger partial charge in [-0.05, 0) is 54.8 Å². The van der Waals surface area contributed by atoms with E-state index in [-0.39, 0.29) is 0 Å². The zero-order chi connectivity index (χ0) is 20.5. The van der Waals surface area contributed by atoms with Gasteiger partial charge in [-0.15, -0.1) is 11.8 Å². The summed E-state index contributed by atoms with van der Waals surface area (Å²) in [5.41, 5.74) is 4.20. The number of unbranched alkanes of at least 4 members (excludes halogenated alkanes) is 2. The van der Waals surface area contributed by atoms with Gasteiger partial charge in [-0.25, -0.2) is 0 Å². The fourth-order valence-corrected chi connectivity index (χ4v) is 4.42. The molecular weight excluding hydrogens is 376 g/mol. The van der Waals surface area contributed by atoms with Gasteiger partial charge < -0.3 is 9.64 Å². The van der Waals surface area contributed by atoms with Crippen LogP contribution in [0.2, 0.25) is 0 Å². The minimum atomic E-state index is 0.669. The molecule has 0 aliphatic carbocycles. The van der Waals surface area contributed by atoms with E-state index in [4.69, 9.17) is 10.00 Å². The van der Waals surface area contributed by atoms with Crippen LogP contribution in [-0.4, -0.2) is 25.4 Å². The number of benzene rings is 2. The molecule has 0 saturated heterocycles. The molecule has 0 aromatic heterocycles. The molecule has 0 N–H and O–H groups in total. The van der Waals surface area contributed by atoms with E-state index in [1.807, 2.05) is 36.0 Å².